The average molecular weight is 115 g/mol. The topological polar surface area (TPSA) is 21.3 Å². The van der Waals surface area contributed by atoms with Crippen LogP contribution in [0.2, 0.25) is 0 Å². The Morgan fingerprint density at radius 3 is 2.00 bits per heavy atom. The van der Waals surface area contributed by atoms with Gasteiger partial charge in [-0.3, -0.25) is 0 Å². The van der Waals surface area contributed by atoms with E-state index in [1.54, 1.807) is 0 Å². The fourth-order valence-electron chi connectivity index (χ4n) is 1.00. The molecule has 0 aromatic rings. The summed E-state index contributed by atoms with van der Waals surface area (Å²) in [6, 6.07) is 1.08. The van der Waals surface area contributed by atoms with Gasteiger partial charge in [0.05, 0.1) is 13.2 Å². The predicted octanol–water partition coefficient (Wildman–Crippen LogP) is 0.383. The van der Waals surface area contributed by atoms with Crippen LogP contribution >= 0.6 is 0 Å². The van der Waals surface area contributed by atoms with E-state index in [2.05, 4.69) is 19.2 Å². The third kappa shape index (κ3) is 1.46. The molecule has 0 radical (unpaired) electrons. The molecular weight excluding hydrogens is 102 g/mol. The molecule has 0 amide bonds. The molecule has 0 aromatic carbocycles. The summed E-state index contributed by atoms with van der Waals surface area (Å²) in [5.41, 5.74) is 0. The molecule has 1 fully saturated rings. The molecule has 0 aromatic heterocycles. The summed E-state index contributed by atoms with van der Waals surface area (Å²) >= 11 is 0. The minimum absolute atomic E-state index is 0.541. The summed E-state index contributed by atoms with van der Waals surface area (Å²) in [7, 11) is 0. The zero-order chi connectivity index (χ0) is 5.98. The first kappa shape index (κ1) is 6.05. The Morgan fingerprint density at radius 1 is 1.25 bits per heavy atom. The zero-order valence-corrected chi connectivity index (χ0v) is 5.48. The van der Waals surface area contributed by atoms with Crippen LogP contribution in [0, 0.1) is 0 Å². The molecule has 48 valence electrons. The van der Waals surface area contributed by atoms with Gasteiger partial charge in [0.2, 0.25) is 0 Å². The van der Waals surface area contributed by atoms with Gasteiger partial charge in [-0.2, -0.15) is 0 Å². The molecule has 0 saturated carbocycles. The fourth-order valence-corrected chi connectivity index (χ4v) is 1.00. The maximum absolute atomic E-state index is 5.23. The van der Waals surface area contributed by atoms with Crippen molar-refractivity contribution >= 4 is 0 Å². The molecule has 1 aliphatic rings. The van der Waals surface area contributed by atoms with Crippen molar-refractivity contribution in [3.63, 3.8) is 0 Å². The summed E-state index contributed by atoms with van der Waals surface area (Å²) in [5, 5.41) is 3.35. The van der Waals surface area contributed by atoms with Gasteiger partial charge in [-0.1, -0.05) is 0 Å². The summed E-state index contributed by atoms with van der Waals surface area (Å²) in [5.74, 6) is 0. The van der Waals surface area contributed by atoms with Crippen molar-refractivity contribution in [1.82, 2.24) is 5.32 Å². The number of rotatable bonds is 0. The first-order valence-electron chi connectivity index (χ1n) is 3.13. The molecular formula is C6H13NO. The van der Waals surface area contributed by atoms with Crippen LogP contribution in [0.25, 0.3) is 0 Å². The molecule has 8 heavy (non-hydrogen) atoms. The maximum Gasteiger partial charge on any atom is 0.0617 e. The molecule has 1 aliphatic heterocycles. The van der Waals surface area contributed by atoms with Crippen molar-refractivity contribution in [3.05, 3.63) is 0 Å². The molecule has 1 N–H and O–H groups in total. The Labute approximate surface area is 50.2 Å². The van der Waals surface area contributed by atoms with Gasteiger partial charge in [0, 0.05) is 12.1 Å². The normalized spacial score (nSPS) is 39.8. The minimum atomic E-state index is 0.541. The van der Waals surface area contributed by atoms with Crippen molar-refractivity contribution < 1.29 is 4.74 Å². The second-order valence-corrected chi connectivity index (χ2v) is 2.51. The Bertz CT molecular complexity index is 66.9. The minimum Gasteiger partial charge on any atom is -0.378 e. The van der Waals surface area contributed by atoms with E-state index in [4.69, 9.17) is 4.74 Å². The van der Waals surface area contributed by atoms with Crippen molar-refractivity contribution in [2.75, 3.05) is 13.2 Å². The van der Waals surface area contributed by atoms with Gasteiger partial charge in [-0.05, 0) is 13.8 Å². The third-order valence-corrected chi connectivity index (χ3v) is 1.30. The van der Waals surface area contributed by atoms with E-state index in [-0.39, 0.29) is 0 Å². The van der Waals surface area contributed by atoms with Crippen LogP contribution in [-0.2, 0) is 4.74 Å². The smallest absolute Gasteiger partial charge is 0.0617 e. The number of morpholine rings is 1. The maximum atomic E-state index is 5.23. The van der Waals surface area contributed by atoms with Gasteiger partial charge >= 0.3 is 0 Å². The summed E-state index contributed by atoms with van der Waals surface area (Å²) in [6.07, 6.45) is 0. The predicted molar refractivity (Wildman–Crippen MR) is 32.9 cm³/mol. The lowest BCUT2D eigenvalue weighted by atomic mass is 10.2. The Kier molecular flexibility index (Phi) is 1.86. The highest BCUT2D eigenvalue weighted by atomic mass is 16.5. The number of hydrogen-bond donors (Lipinski definition) is 1. The fraction of sp³-hybridized carbons (Fsp3) is 1.00. The molecule has 1 saturated heterocycles. The van der Waals surface area contributed by atoms with Crippen molar-refractivity contribution in [1.29, 1.82) is 0 Å². The van der Waals surface area contributed by atoms with Crippen LogP contribution < -0.4 is 5.32 Å². The van der Waals surface area contributed by atoms with Gasteiger partial charge in [-0.15, -0.1) is 0 Å². The van der Waals surface area contributed by atoms with E-state index in [1.807, 2.05) is 0 Å². The lowest BCUT2D eigenvalue weighted by molar-refractivity contribution is 0.0560. The molecule has 0 spiro atoms. The largest absolute Gasteiger partial charge is 0.378 e. The van der Waals surface area contributed by atoms with Crippen LogP contribution in [-0.4, -0.2) is 25.3 Å². The molecule has 0 aliphatic carbocycles. The Morgan fingerprint density at radius 2 is 1.75 bits per heavy atom. The van der Waals surface area contributed by atoms with Crippen LogP contribution in [0.1, 0.15) is 13.8 Å². The van der Waals surface area contributed by atoms with E-state index >= 15 is 0 Å². The van der Waals surface area contributed by atoms with E-state index in [0.29, 0.717) is 12.1 Å². The molecule has 2 atom stereocenters. The number of ether oxygens (including phenoxy) is 1. The highest BCUT2D eigenvalue weighted by Crippen LogP contribution is 1.96. The lowest BCUT2D eigenvalue weighted by Crippen LogP contribution is -2.45. The molecule has 1 heterocycles. The molecule has 1 rings (SSSR count). The van der Waals surface area contributed by atoms with Gasteiger partial charge in [0.15, 0.2) is 0 Å². The molecule has 0 unspecified atom stereocenters. The van der Waals surface area contributed by atoms with E-state index < -0.39 is 0 Å². The highest BCUT2D eigenvalue weighted by Gasteiger charge is 2.12. The number of hydrogen-bond acceptors (Lipinski definition) is 2. The summed E-state index contributed by atoms with van der Waals surface area (Å²) in [6.45, 7) is 6.00. The summed E-state index contributed by atoms with van der Waals surface area (Å²) < 4.78 is 5.23. The van der Waals surface area contributed by atoms with Gasteiger partial charge < -0.3 is 10.1 Å². The van der Waals surface area contributed by atoms with E-state index in [0.717, 1.165) is 13.2 Å². The first-order valence-corrected chi connectivity index (χ1v) is 3.13. The quantitative estimate of drug-likeness (QED) is 0.493. The van der Waals surface area contributed by atoms with E-state index in [1.165, 1.54) is 0 Å². The average Bonchev–Trinajstić information content (AvgIpc) is 1.64. The lowest BCUT2D eigenvalue weighted by Gasteiger charge is -2.25. The third-order valence-electron chi connectivity index (χ3n) is 1.30. The van der Waals surface area contributed by atoms with E-state index in [9.17, 15) is 0 Å². The van der Waals surface area contributed by atoms with Crippen molar-refractivity contribution in [2.24, 2.45) is 0 Å². The molecule has 0 bridgehead atoms. The monoisotopic (exact) mass is 115 g/mol. The summed E-state index contributed by atoms with van der Waals surface area (Å²) in [4.78, 5) is 0. The van der Waals surface area contributed by atoms with Crippen LogP contribution in [0.3, 0.4) is 0 Å². The second-order valence-electron chi connectivity index (χ2n) is 2.51. The van der Waals surface area contributed by atoms with Crippen LogP contribution in [0.15, 0.2) is 0 Å². The van der Waals surface area contributed by atoms with Crippen LogP contribution in [0.5, 0.6) is 0 Å². The highest BCUT2D eigenvalue weighted by molar-refractivity contribution is 4.70. The SMILES string of the molecule is C[C@@H]1COC[C@@H](C)N1. The number of nitrogens with one attached hydrogen (secondary N) is 1. The van der Waals surface area contributed by atoms with Crippen LogP contribution in [0.4, 0.5) is 0 Å². The Hall–Kier alpha value is -0.0800. The second kappa shape index (κ2) is 2.46. The zero-order valence-electron chi connectivity index (χ0n) is 5.48. The first-order chi connectivity index (χ1) is 3.79. The van der Waals surface area contributed by atoms with Gasteiger partial charge in [0.1, 0.15) is 0 Å². The molecule has 2 heteroatoms. The standard InChI is InChI=1S/C6H13NO/c1-5-3-8-4-6(2)7-5/h5-7H,3-4H2,1-2H3/t5-,6-/m1/s1. The van der Waals surface area contributed by atoms with Crippen molar-refractivity contribution in [3.8, 4) is 0 Å². The molecule has 2 nitrogen and oxygen atoms in total. The Balaban J connectivity index is 2.23. The van der Waals surface area contributed by atoms with Gasteiger partial charge in [0.25, 0.3) is 0 Å². The van der Waals surface area contributed by atoms with Gasteiger partial charge in [-0.25, -0.2) is 0 Å². The van der Waals surface area contributed by atoms with Crippen molar-refractivity contribution in [2.45, 2.75) is 25.9 Å².